The van der Waals surface area contributed by atoms with Crippen LogP contribution in [-0.2, 0) is 11.2 Å². The van der Waals surface area contributed by atoms with Gasteiger partial charge in [0.1, 0.15) is 5.75 Å². The molecule has 7 heteroatoms. The van der Waals surface area contributed by atoms with Gasteiger partial charge in [0.15, 0.2) is 0 Å². The molecule has 4 rings (SSSR count). The second kappa shape index (κ2) is 13.7. The standard InChI is InChI=1S/C31H35Cl3N2O2/c1-38-25-11-8-21(9-12-25)18-27(30(31(35)37)23-6-5-7-24(32)19-23)26(14-17-36-15-3-2-4-16-36)22-10-13-28(33)29(34)20-22/h5-13,19-20,26-27,30H,2-4,14-18H2,1H3,(H2,35,37). The highest BCUT2D eigenvalue weighted by Gasteiger charge is 2.36. The molecule has 0 radical (unpaired) electrons. The Labute approximate surface area is 241 Å². The molecule has 1 aliphatic heterocycles. The number of primary amides is 1. The van der Waals surface area contributed by atoms with Crippen LogP contribution in [0.1, 0.15) is 54.2 Å². The molecule has 3 unspecified atom stereocenters. The molecule has 1 amide bonds. The van der Waals surface area contributed by atoms with Gasteiger partial charge in [-0.3, -0.25) is 4.79 Å². The van der Waals surface area contributed by atoms with Gasteiger partial charge in [0.05, 0.1) is 23.1 Å². The van der Waals surface area contributed by atoms with Gasteiger partial charge in [-0.15, -0.1) is 0 Å². The minimum absolute atomic E-state index is 0.00489. The lowest BCUT2D eigenvalue weighted by molar-refractivity contribution is -0.120. The summed E-state index contributed by atoms with van der Waals surface area (Å²) in [7, 11) is 1.65. The molecule has 3 aromatic carbocycles. The fourth-order valence-electron chi connectivity index (χ4n) is 5.72. The van der Waals surface area contributed by atoms with Gasteiger partial charge in [-0.05, 0) is 110 Å². The maximum absolute atomic E-state index is 13.2. The predicted molar refractivity (Wildman–Crippen MR) is 158 cm³/mol. The van der Waals surface area contributed by atoms with E-state index in [1.807, 2.05) is 54.6 Å². The third-order valence-corrected chi connectivity index (χ3v) is 8.64. The molecule has 0 aliphatic carbocycles. The summed E-state index contributed by atoms with van der Waals surface area (Å²) >= 11 is 19.2. The molecule has 1 fully saturated rings. The van der Waals surface area contributed by atoms with Gasteiger partial charge in [0.25, 0.3) is 0 Å². The number of benzene rings is 3. The van der Waals surface area contributed by atoms with Crippen molar-refractivity contribution < 1.29 is 9.53 Å². The Balaban J connectivity index is 1.79. The van der Waals surface area contributed by atoms with E-state index in [0.29, 0.717) is 21.5 Å². The fourth-order valence-corrected chi connectivity index (χ4v) is 6.23. The van der Waals surface area contributed by atoms with Gasteiger partial charge >= 0.3 is 0 Å². The average Bonchev–Trinajstić information content (AvgIpc) is 2.91. The second-order valence-corrected chi connectivity index (χ2v) is 11.4. The maximum Gasteiger partial charge on any atom is 0.225 e. The molecular formula is C31H35Cl3N2O2. The van der Waals surface area contributed by atoms with Crippen molar-refractivity contribution >= 4 is 40.7 Å². The minimum atomic E-state index is -0.545. The Hall–Kier alpha value is -2.24. The van der Waals surface area contributed by atoms with Crippen molar-refractivity contribution in [2.24, 2.45) is 11.7 Å². The van der Waals surface area contributed by atoms with E-state index in [0.717, 1.165) is 48.5 Å². The van der Waals surface area contributed by atoms with E-state index >= 15 is 0 Å². The highest BCUT2D eigenvalue weighted by atomic mass is 35.5. The number of rotatable bonds is 11. The average molecular weight is 574 g/mol. The molecule has 2 N–H and O–H groups in total. The van der Waals surface area contributed by atoms with Crippen molar-refractivity contribution in [1.29, 1.82) is 0 Å². The first-order valence-electron chi connectivity index (χ1n) is 13.2. The van der Waals surface area contributed by atoms with E-state index in [1.54, 1.807) is 7.11 Å². The van der Waals surface area contributed by atoms with Gasteiger partial charge in [0.2, 0.25) is 5.91 Å². The number of nitrogens with two attached hydrogens (primary N) is 1. The van der Waals surface area contributed by atoms with Crippen molar-refractivity contribution in [2.45, 2.75) is 43.9 Å². The Kier molecular flexibility index (Phi) is 10.4. The number of hydrogen-bond donors (Lipinski definition) is 1. The first-order chi connectivity index (χ1) is 18.4. The van der Waals surface area contributed by atoms with Crippen LogP contribution in [0, 0.1) is 5.92 Å². The lowest BCUT2D eigenvalue weighted by atomic mass is 9.70. The van der Waals surface area contributed by atoms with Crippen LogP contribution in [0.5, 0.6) is 5.75 Å². The van der Waals surface area contributed by atoms with Crippen LogP contribution in [0.15, 0.2) is 66.7 Å². The Morgan fingerprint density at radius 3 is 2.29 bits per heavy atom. The quantitative estimate of drug-likeness (QED) is 0.255. The van der Waals surface area contributed by atoms with E-state index < -0.39 is 5.92 Å². The Morgan fingerprint density at radius 2 is 1.66 bits per heavy atom. The topological polar surface area (TPSA) is 55.6 Å². The number of hydrogen-bond acceptors (Lipinski definition) is 3. The molecule has 0 spiro atoms. The van der Waals surface area contributed by atoms with Crippen LogP contribution < -0.4 is 10.5 Å². The van der Waals surface area contributed by atoms with Crippen LogP contribution in [0.25, 0.3) is 0 Å². The predicted octanol–water partition coefficient (Wildman–Crippen LogP) is 7.74. The Bertz CT molecular complexity index is 1210. The number of carbonyl (C=O) groups excluding carboxylic acids is 1. The number of ether oxygens (including phenoxy) is 1. The van der Waals surface area contributed by atoms with Gasteiger partial charge < -0.3 is 15.4 Å². The summed E-state index contributed by atoms with van der Waals surface area (Å²) < 4.78 is 5.37. The number of piperidine rings is 1. The van der Waals surface area contributed by atoms with Crippen molar-refractivity contribution in [3.05, 3.63) is 98.5 Å². The van der Waals surface area contributed by atoms with Crippen molar-refractivity contribution in [2.75, 3.05) is 26.7 Å². The summed E-state index contributed by atoms with van der Waals surface area (Å²) in [5, 5.41) is 1.60. The van der Waals surface area contributed by atoms with Gasteiger partial charge in [-0.1, -0.05) is 71.6 Å². The highest BCUT2D eigenvalue weighted by molar-refractivity contribution is 6.42. The molecule has 4 nitrogen and oxygen atoms in total. The molecular weight excluding hydrogens is 539 g/mol. The van der Waals surface area contributed by atoms with Crippen molar-refractivity contribution in [3.63, 3.8) is 0 Å². The first-order valence-corrected chi connectivity index (χ1v) is 14.3. The van der Waals surface area contributed by atoms with Gasteiger partial charge in [0, 0.05) is 5.02 Å². The van der Waals surface area contributed by atoms with Crippen LogP contribution in [0.2, 0.25) is 15.1 Å². The lowest BCUT2D eigenvalue weighted by Crippen LogP contribution is -2.36. The lowest BCUT2D eigenvalue weighted by Gasteiger charge is -2.35. The monoisotopic (exact) mass is 572 g/mol. The van der Waals surface area contributed by atoms with Gasteiger partial charge in [-0.25, -0.2) is 0 Å². The summed E-state index contributed by atoms with van der Waals surface area (Å²) in [6.07, 6.45) is 5.24. The second-order valence-electron chi connectivity index (χ2n) is 10.1. The molecule has 1 saturated heterocycles. The molecule has 38 heavy (non-hydrogen) atoms. The van der Waals surface area contributed by atoms with E-state index in [4.69, 9.17) is 45.3 Å². The molecule has 202 valence electrons. The summed E-state index contributed by atoms with van der Waals surface area (Å²) in [4.78, 5) is 15.7. The Morgan fingerprint density at radius 1 is 0.921 bits per heavy atom. The summed E-state index contributed by atoms with van der Waals surface area (Å²) in [5.41, 5.74) is 9.16. The number of amides is 1. The number of nitrogens with zero attached hydrogens (tertiary/aromatic N) is 1. The van der Waals surface area contributed by atoms with E-state index in [9.17, 15) is 4.79 Å². The van der Waals surface area contributed by atoms with E-state index in [1.165, 1.54) is 19.3 Å². The van der Waals surface area contributed by atoms with Crippen LogP contribution in [0.3, 0.4) is 0 Å². The zero-order valence-corrected chi connectivity index (χ0v) is 24.0. The molecule has 1 heterocycles. The summed E-state index contributed by atoms with van der Waals surface area (Å²) in [5.74, 6) is -0.255. The van der Waals surface area contributed by atoms with Crippen LogP contribution in [0.4, 0.5) is 0 Å². The normalized spacial score (nSPS) is 16.5. The van der Waals surface area contributed by atoms with Crippen molar-refractivity contribution in [3.8, 4) is 5.75 Å². The van der Waals surface area contributed by atoms with Crippen LogP contribution in [-0.4, -0.2) is 37.6 Å². The van der Waals surface area contributed by atoms with Crippen molar-refractivity contribution in [1.82, 2.24) is 4.90 Å². The third-order valence-electron chi connectivity index (χ3n) is 7.67. The molecule has 0 bridgehead atoms. The fraction of sp³-hybridized carbons (Fsp3) is 0.387. The first kappa shape index (κ1) is 28.8. The highest BCUT2D eigenvalue weighted by Crippen LogP contribution is 2.42. The molecule has 3 aromatic rings. The number of halogens is 3. The van der Waals surface area contributed by atoms with Gasteiger partial charge in [-0.2, -0.15) is 0 Å². The van der Waals surface area contributed by atoms with E-state index in [2.05, 4.69) is 17.0 Å². The smallest absolute Gasteiger partial charge is 0.225 e. The maximum atomic E-state index is 13.2. The number of carbonyl (C=O) groups is 1. The minimum Gasteiger partial charge on any atom is -0.497 e. The number of likely N-dealkylation sites (tertiary alicyclic amines) is 1. The van der Waals surface area contributed by atoms with Crippen LogP contribution >= 0.6 is 34.8 Å². The molecule has 1 aliphatic rings. The molecule has 0 saturated carbocycles. The molecule has 3 atom stereocenters. The number of methoxy groups -OCH3 is 1. The SMILES string of the molecule is COc1ccc(CC(C(CCN2CCCCC2)c2ccc(Cl)c(Cl)c2)C(C(N)=O)c2cccc(Cl)c2)cc1. The summed E-state index contributed by atoms with van der Waals surface area (Å²) in [6.45, 7) is 3.14. The third kappa shape index (κ3) is 7.45. The largest absolute Gasteiger partial charge is 0.497 e. The zero-order valence-electron chi connectivity index (χ0n) is 21.7. The summed E-state index contributed by atoms with van der Waals surface area (Å²) in [6, 6.07) is 21.3. The van der Waals surface area contributed by atoms with E-state index in [-0.39, 0.29) is 17.7 Å². The zero-order chi connectivity index (χ0) is 27.1. The molecule has 0 aromatic heterocycles.